The summed E-state index contributed by atoms with van der Waals surface area (Å²) in [5.74, 6) is -1.72. The van der Waals surface area contributed by atoms with E-state index < -0.39 is 26.8 Å². The van der Waals surface area contributed by atoms with Gasteiger partial charge in [-0.25, -0.2) is 13.1 Å². The number of rotatable bonds is 7. The van der Waals surface area contributed by atoms with Crippen molar-refractivity contribution in [2.45, 2.75) is 18.2 Å². The van der Waals surface area contributed by atoms with Crippen molar-refractivity contribution in [3.63, 3.8) is 0 Å². The number of sulfonamides is 1. The van der Waals surface area contributed by atoms with Crippen LogP contribution in [-0.4, -0.2) is 31.0 Å². The van der Waals surface area contributed by atoms with Crippen LogP contribution in [0.5, 0.6) is 0 Å². The summed E-state index contributed by atoms with van der Waals surface area (Å²) >= 11 is 5.73. The van der Waals surface area contributed by atoms with E-state index in [9.17, 15) is 23.3 Å². The standard InChI is InChI=1S/C11H13ClN2O6S/c1-7(11(15)16)4-5-13-21(19,20)10-3-2-8(14(17)18)6-9(10)12/h2-3,6-7,13H,4-5H2,1H3,(H,15,16). The molecule has 0 heterocycles. The number of carboxylic acid groups (broad SMARTS) is 1. The summed E-state index contributed by atoms with van der Waals surface area (Å²) in [6.07, 6.45) is 0.110. The highest BCUT2D eigenvalue weighted by Crippen LogP contribution is 2.25. The number of nitro groups is 1. The Bertz CT molecular complexity index is 661. The molecule has 0 aliphatic heterocycles. The highest BCUT2D eigenvalue weighted by Gasteiger charge is 2.21. The first-order valence-electron chi connectivity index (χ1n) is 5.81. The summed E-state index contributed by atoms with van der Waals surface area (Å²) in [7, 11) is -3.95. The van der Waals surface area contributed by atoms with E-state index in [4.69, 9.17) is 16.7 Å². The van der Waals surface area contributed by atoms with Crippen LogP contribution in [0.3, 0.4) is 0 Å². The van der Waals surface area contributed by atoms with Gasteiger partial charge in [-0.15, -0.1) is 0 Å². The third-order valence-corrected chi connectivity index (χ3v) is 4.65. The number of nitro benzene ring substituents is 1. The van der Waals surface area contributed by atoms with Crippen LogP contribution in [-0.2, 0) is 14.8 Å². The Labute approximate surface area is 125 Å². The van der Waals surface area contributed by atoms with Crippen molar-refractivity contribution in [2.75, 3.05) is 6.54 Å². The second-order valence-electron chi connectivity index (χ2n) is 4.30. The molecule has 1 unspecified atom stereocenters. The second-order valence-corrected chi connectivity index (χ2v) is 6.44. The molecule has 0 aromatic heterocycles. The van der Waals surface area contributed by atoms with Crippen LogP contribution in [0.4, 0.5) is 5.69 Å². The van der Waals surface area contributed by atoms with Crippen molar-refractivity contribution in [1.29, 1.82) is 0 Å². The van der Waals surface area contributed by atoms with Gasteiger partial charge in [0.2, 0.25) is 10.0 Å². The molecule has 0 spiro atoms. The molecule has 1 aromatic carbocycles. The van der Waals surface area contributed by atoms with E-state index in [1.165, 1.54) is 6.92 Å². The summed E-state index contributed by atoms with van der Waals surface area (Å²) in [6.45, 7) is 1.37. The number of nitrogens with one attached hydrogen (secondary N) is 1. The topological polar surface area (TPSA) is 127 Å². The van der Waals surface area contributed by atoms with E-state index >= 15 is 0 Å². The van der Waals surface area contributed by atoms with Crippen LogP contribution in [0.2, 0.25) is 5.02 Å². The number of aliphatic carboxylic acids is 1. The molecule has 1 rings (SSSR count). The maximum Gasteiger partial charge on any atom is 0.306 e. The maximum absolute atomic E-state index is 12.0. The highest BCUT2D eigenvalue weighted by atomic mass is 35.5. The molecule has 116 valence electrons. The number of benzene rings is 1. The molecule has 0 bridgehead atoms. The number of hydrogen-bond donors (Lipinski definition) is 2. The smallest absolute Gasteiger partial charge is 0.306 e. The molecule has 0 fully saturated rings. The quantitative estimate of drug-likeness (QED) is 0.575. The SMILES string of the molecule is CC(CCNS(=O)(=O)c1ccc([N+](=O)[O-])cc1Cl)C(=O)O. The zero-order valence-electron chi connectivity index (χ0n) is 10.9. The lowest BCUT2D eigenvalue weighted by atomic mass is 10.1. The third-order valence-electron chi connectivity index (χ3n) is 2.71. The molecule has 10 heteroatoms. The molecule has 8 nitrogen and oxygen atoms in total. The molecule has 0 saturated heterocycles. The van der Waals surface area contributed by atoms with Crippen molar-refractivity contribution >= 4 is 33.3 Å². The van der Waals surface area contributed by atoms with Crippen LogP contribution in [0, 0.1) is 16.0 Å². The lowest BCUT2D eigenvalue weighted by Gasteiger charge is -2.09. The summed E-state index contributed by atoms with van der Waals surface area (Å²) < 4.78 is 26.2. The van der Waals surface area contributed by atoms with Crippen molar-refractivity contribution in [3.05, 3.63) is 33.3 Å². The van der Waals surface area contributed by atoms with E-state index in [1.807, 2.05) is 0 Å². The van der Waals surface area contributed by atoms with E-state index in [1.54, 1.807) is 0 Å². The molecule has 0 aliphatic carbocycles. The molecular formula is C11H13ClN2O6S. The Morgan fingerprint density at radius 2 is 2.14 bits per heavy atom. The molecule has 0 amide bonds. The van der Waals surface area contributed by atoms with Gasteiger partial charge in [0.05, 0.1) is 15.9 Å². The average Bonchev–Trinajstić information content (AvgIpc) is 2.37. The predicted molar refractivity (Wildman–Crippen MR) is 74.7 cm³/mol. The minimum absolute atomic E-state index is 0.0802. The minimum atomic E-state index is -3.95. The average molecular weight is 337 g/mol. The summed E-state index contributed by atoms with van der Waals surface area (Å²) in [6, 6.07) is 3.00. The number of halogens is 1. The van der Waals surface area contributed by atoms with Gasteiger partial charge in [-0.2, -0.15) is 0 Å². The maximum atomic E-state index is 12.0. The van der Waals surface area contributed by atoms with E-state index in [0.717, 1.165) is 18.2 Å². The zero-order valence-corrected chi connectivity index (χ0v) is 12.5. The third kappa shape index (κ3) is 4.66. The fourth-order valence-corrected chi connectivity index (χ4v) is 3.02. The molecular weight excluding hydrogens is 324 g/mol. The fourth-order valence-electron chi connectivity index (χ4n) is 1.43. The lowest BCUT2D eigenvalue weighted by molar-refractivity contribution is -0.384. The monoisotopic (exact) mass is 336 g/mol. The van der Waals surface area contributed by atoms with Gasteiger partial charge in [-0.05, 0) is 12.5 Å². The number of nitrogens with zero attached hydrogens (tertiary/aromatic N) is 1. The van der Waals surface area contributed by atoms with Crippen LogP contribution in [0.25, 0.3) is 0 Å². The number of non-ortho nitro benzene ring substituents is 1. The van der Waals surface area contributed by atoms with E-state index in [2.05, 4.69) is 4.72 Å². The number of carboxylic acids is 1. The first kappa shape index (κ1) is 17.3. The molecule has 2 N–H and O–H groups in total. The van der Waals surface area contributed by atoms with Crippen molar-refractivity contribution in [1.82, 2.24) is 4.72 Å². The lowest BCUT2D eigenvalue weighted by Crippen LogP contribution is -2.27. The Kier molecular flexibility index (Phi) is 5.64. The van der Waals surface area contributed by atoms with Crippen molar-refractivity contribution in [2.24, 2.45) is 5.92 Å². The van der Waals surface area contributed by atoms with Gasteiger partial charge in [-0.1, -0.05) is 18.5 Å². The van der Waals surface area contributed by atoms with Crippen molar-refractivity contribution < 1.29 is 23.2 Å². The number of carbonyl (C=O) groups is 1. The first-order valence-corrected chi connectivity index (χ1v) is 7.67. The molecule has 0 aliphatic rings. The molecule has 21 heavy (non-hydrogen) atoms. The van der Waals surface area contributed by atoms with Crippen LogP contribution in [0.15, 0.2) is 23.1 Å². The highest BCUT2D eigenvalue weighted by molar-refractivity contribution is 7.89. The Balaban J connectivity index is 2.84. The van der Waals surface area contributed by atoms with Gasteiger partial charge < -0.3 is 5.11 Å². The fraction of sp³-hybridized carbons (Fsp3) is 0.364. The van der Waals surface area contributed by atoms with Crippen molar-refractivity contribution in [3.8, 4) is 0 Å². The molecule has 0 saturated carbocycles. The van der Waals surface area contributed by atoms with Crippen LogP contribution < -0.4 is 4.72 Å². The van der Waals surface area contributed by atoms with Crippen LogP contribution in [0.1, 0.15) is 13.3 Å². The molecule has 1 aromatic rings. The Hall–Kier alpha value is -1.71. The molecule has 0 radical (unpaired) electrons. The normalized spacial score (nSPS) is 12.9. The minimum Gasteiger partial charge on any atom is -0.481 e. The van der Waals surface area contributed by atoms with E-state index in [0.29, 0.717) is 0 Å². The summed E-state index contributed by atoms with van der Waals surface area (Å²) in [5, 5.41) is 19.0. The summed E-state index contributed by atoms with van der Waals surface area (Å²) in [4.78, 5) is 20.2. The number of hydrogen-bond acceptors (Lipinski definition) is 5. The van der Waals surface area contributed by atoms with Gasteiger partial charge in [0, 0.05) is 18.7 Å². The van der Waals surface area contributed by atoms with Gasteiger partial charge in [0.25, 0.3) is 5.69 Å². The second kappa shape index (κ2) is 6.83. The van der Waals surface area contributed by atoms with E-state index in [-0.39, 0.29) is 28.6 Å². The van der Waals surface area contributed by atoms with Crippen LogP contribution >= 0.6 is 11.6 Å². The van der Waals surface area contributed by atoms with Gasteiger partial charge in [0.15, 0.2) is 0 Å². The Morgan fingerprint density at radius 3 is 2.62 bits per heavy atom. The summed E-state index contributed by atoms with van der Waals surface area (Å²) in [5.41, 5.74) is -0.321. The first-order chi connectivity index (χ1) is 9.65. The van der Waals surface area contributed by atoms with Gasteiger partial charge >= 0.3 is 5.97 Å². The van der Waals surface area contributed by atoms with Gasteiger partial charge in [-0.3, -0.25) is 14.9 Å². The predicted octanol–water partition coefficient (Wildman–Crippen LogP) is 1.64. The Morgan fingerprint density at radius 1 is 1.52 bits per heavy atom. The largest absolute Gasteiger partial charge is 0.481 e. The van der Waals surface area contributed by atoms with Gasteiger partial charge in [0.1, 0.15) is 4.90 Å². The zero-order chi connectivity index (χ0) is 16.2. The molecule has 1 atom stereocenters.